The number of rotatable bonds is 9. The summed E-state index contributed by atoms with van der Waals surface area (Å²) in [5.74, 6) is -1.30. The molecule has 0 saturated carbocycles. The molecule has 0 N–H and O–H groups in total. The van der Waals surface area contributed by atoms with Gasteiger partial charge in [0, 0.05) is 36.6 Å². The first-order valence-electron chi connectivity index (χ1n) is 11.8. The van der Waals surface area contributed by atoms with Crippen molar-refractivity contribution in [2.75, 3.05) is 0 Å². The van der Waals surface area contributed by atoms with E-state index in [1.165, 1.54) is 4.57 Å². The predicted octanol–water partition coefficient (Wildman–Crippen LogP) is 3.75. The van der Waals surface area contributed by atoms with E-state index in [4.69, 9.17) is 14.0 Å². The van der Waals surface area contributed by atoms with E-state index in [9.17, 15) is 24.5 Å². The van der Waals surface area contributed by atoms with Gasteiger partial charge in [-0.2, -0.15) is 0 Å². The second kappa shape index (κ2) is 10.7. The van der Waals surface area contributed by atoms with Gasteiger partial charge in [-0.1, -0.05) is 11.6 Å². The van der Waals surface area contributed by atoms with Crippen molar-refractivity contribution in [3.8, 4) is 0 Å². The van der Waals surface area contributed by atoms with Gasteiger partial charge in [0.1, 0.15) is 11.2 Å². The maximum Gasteiger partial charge on any atom is 0.441 e. The Hall–Kier alpha value is -2.72. The van der Waals surface area contributed by atoms with Crippen molar-refractivity contribution < 1.29 is 28.5 Å². The highest BCUT2D eigenvalue weighted by Crippen LogP contribution is 2.37. The molecule has 0 radical (unpaired) electrons. The van der Waals surface area contributed by atoms with Crippen LogP contribution in [-0.2, 0) is 25.5 Å². The Morgan fingerprint density at radius 3 is 2.06 bits per heavy atom. The summed E-state index contributed by atoms with van der Waals surface area (Å²) >= 11 is 0. The lowest BCUT2D eigenvalue weighted by Gasteiger charge is -2.30. The number of nitro groups is 1. The van der Waals surface area contributed by atoms with Crippen molar-refractivity contribution in [3.05, 3.63) is 26.5 Å². The van der Waals surface area contributed by atoms with Crippen LogP contribution in [-0.4, -0.2) is 43.3 Å². The lowest BCUT2D eigenvalue weighted by atomic mass is 9.81. The van der Waals surface area contributed by atoms with E-state index in [-0.39, 0.29) is 32.1 Å². The summed E-state index contributed by atoms with van der Waals surface area (Å²) < 4.78 is 16.9. The third kappa shape index (κ3) is 7.95. The first-order valence-corrected chi connectivity index (χ1v) is 11.8. The Balaban J connectivity index is 2.33. The molecule has 0 saturated heterocycles. The number of hydrogen-bond acceptors (Lipinski definition) is 9. The number of fused-ring (bicyclic) bond motifs is 1. The topological polar surface area (TPSA) is 144 Å². The van der Waals surface area contributed by atoms with Crippen LogP contribution >= 0.6 is 0 Å². The van der Waals surface area contributed by atoms with Crippen LogP contribution in [0.3, 0.4) is 0 Å². The third-order valence-electron chi connectivity index (χ3n) is 5.69. The van der Waals surface area contributed by atoms with E-state index >= 15 is 0 Å². The Morgan fingerprint density at radius 1 is 1.06 bits per heavy atom. The molecule has 0 amide bonds. The van der Waals surface area contributed by atoms with Gasteiger partial charge in [0.05, 0.1) is 12.8 Å². The summed E-state index contributed by atoms with van der Waals surface area (Å²) in [6.07, 6.45) is 1.93. The Kier molecular flexibility index (Phi) is 8.65. The number of hydrogen-bond donors (Lipinski definition) is 0. The van der Waals surface area contributed by atoms with Crippen LogP contribution < -0.4 is 5.76 Å². The van der Waals surface area contributed by atoms with E-state index in [0.717, 1.165) is 12.8 Å². The minimum atomic E-state index is -1.64. The highest BCUT2D eigenvalue weighted by molar-refractivity contribution is 5.70. The van der Waals surface area contributed by atoms with Gasteiger partial charge in [0.15, 0.2) is 5.82 Å². The fourth-order valence-corrected chi connectivity index (χ4v) is 4.28. The number of aryl methyl sites for hydroxylation is 1. The average Bonchev–Trinajstić information content (AvgIpc) is 2.91. The van der Waals surface area contributed by atoms with Crippen LogP contribution in [0.25, 0.3) is 0 Å². The van der Waals surface area contributed by atoms with Crippen LogP contribution in [0.1, 0.15) is 105 Å². The number of carbonyl (C=O) groups excluding carboxylic acids is 2. The molecule has 1 aliphatic heterocycles. The SMILES string of the molecule is CC(C)(C)OC(=O)CCC(CCC(=O)OC(C)(C)C)(CC1CCCCc2noc(=O)n21)[N+](=O)[O-]. The van der Waals surface area contributed by atoms with Crippen molar-refractivity contribution in [3.63, 3.8) is 0 Å². The zero-order chi connectivity index (χ0) is 25.7. The fraction of sp³-hybridized carbons (Fsp3) is 0.826. The molecular formula is C23H37N3O8. The number of esters is 2. The van der Waals surface area contributed by atoms with Crippen molar-refractivity contribution in [1.82, 2.24) is 9.72 Å². The lowest BCUT2D eigenvalue weighted by molar-refractivity contribution is -0.575. The molecule has 11 heteroatoms. The van der Waals surface area contributed by atoms with Crippen LogP contribution in [0.2, 0.25) is 0 Å². The highest BCUT2D eigenvalue weighted by Gasteiger charge is 2.47. The molecule has 0 fully saturated rings. The zero-order valence-electron chi connectivity index (χ0n) is 21.0. The Morgan fingerprint density at radius 2 is 1.59 bits per heavy atom. The summed E-state index contributed by atoms with van der Waals surface area (Å²) in [6.45, 7) is 10.3. The van der Waals surface area contributed by atoms with Gasteiger partial charge >= 0.3 is 17.7 Å². The second-order valence-corrected chi connectivity index (χ2v) is 11.0. The molecule has 2 rings (SSSR count). The number of carbonyl (C=O) groups is 2. The van der Waals surface area contributed by atoms with Gasteiger partial charge in [0.25, 0.3) is 0 Å². The van der Waals surface area contributed by atoms with Crippen molar-refractivity contribution >= 4 is 11.9 Å². The van der Waals surface area contributed by atoms with E-state index in [1.807, 2.05) is 0 Å². The summed E-state index contributed by atoms with van der Waals surface area (Å²) in [5, 5.41) is 16.3. The predicted molar refractivity (Wildman–Crippen MR) is 122 cm³/mol. The Bertz CT molecular complexity index is 903. The molecular weight excluding hydrogens is 446 g/mol. The molecule has 2 heterocycles. The van der Waals surface area contributed by atoms with Crippen LogP contribution in [0.15, 0.2) is 9.32 Å². The van der Waals surface area contributed by atoms with E-state index in [0.29, 0.717) is 18.7 Å². The first-order chi connectivity index (χ1) is 15.6. The van der Waals surface area contributed by atoms with Gasteiger partial charge in [-0.05, 0) is 54.4 Å². The standard InChI is InChI=1S/C23H37N3O8/c1-21(2,3)32-18(27)11-13-23(26(30)31,14-12-19(28)33-22(4,5)6)15-16-9-7-8-10-17-24-34-20(29)25(16)17/h16H,7-15H2,1-6H3. The monoisotopic (exact) mass is 483 g/mol. The zero-order valence-corrected chi connectivity index (χ0v) is 21.0. The average molecular weight is 484 g/mol. The third-order valence-corrected chi connectivity index (χ3v) is 5.69. The largest absolute Gasteiger partial charge is 0.460 e. The fourth-order valence-electron chi connectivity index (χ4n) is 4.28. The molecule has 1 aliphatic rings. The van der Waals surface area contributed by atoms with Crippen LogP contribution in [0.4, 0.5) is 0 Å². The van der Waals surface area contributed by atoms with Crippen molar-refractivity contribution in [1.29, 1.82) is 0 Å². The number of nitrogens with zero attached hydrogens (tertiary/aromatic N) is 3. The Labute approximate surface area is 199 Å². The van der Waals surface area contributed by atoms with Gasteiger partial charge in [-0.15, -0.1) is 0 Å². The summed E-state index contributed by atoms with van der Waals surface area (Å²) in [7, 11) is 0. The minimum absolute atomic E-state index is 0.0419. The normalized spacial score (nSPS) is 16.9. The molecule has 0 aliphatic carbocycles. The molecule has 34 heavy (non-hydrogen) atoms. The summed E-state index contributed by atoms with van der Waals surface area (Å²) in [4.78, 5) is 49.2. The molecule has 11 nitrogen and oxygen atoms in total. The quantitative estimate of drug-likeness (QED) is 0.291. The smallest absolute Gasteiger partial charge is 0.441 e. The molecule has 1 unspecified atom stereocenters. The molecule has 0 aromatic carbocycles. The molecule has 1 atom stereocenters. The molecule has 0 spiro atoms. The van der Waals surface area contributed by atoms with Crippen molar-refractivity contribution in [2.24, 2.45) is 0 Å². The van der Waals surface area contributed by atoms with E-state index < -0.39 is 45.4 Å². The van der Waals surface area contributed by atoms with E-state index in [2.05, 4.69) is 5.16 Å². The van der Waals surface area contributed by atoms with Gasteiger partial charge in [0.2, 0.25) is 5.54 Å². The first kappa shape index (κ1) is 27.5. The lowest BCUT2D eigenvalue weighted by Crippen LogP contribution is -2.43. The number of ether oxygens (including phenoxy) is 2. The maximum atomic E-state index is 12.5. The van der Waals surface area contributed by atoms with Gasteiger partial charge in [-0.3, -0.25) is 28.8 Å². The summed E-state index contributed by atoms with van der Waals surface area (Å²) in [6, 6.07) is -0.529. The van der Waals surface area contributed by atoms with Crippen LogP contribution in [0, 0.1) is 10.1 Å². The van der Waals surface area contributed by atoms with E-state index in [1.54, 1.807) is 41.5 Å². The molecule has 1 aromatic rings. The van der Waals surface area contributed by atoms with Crippen molar-refractivity contribution in [2.45, 2.75) is 122 Å². The molecule has 1 aromatic heterocycles. The highest BCUT2D eigenvalue weighted by atomic mass is 16.6. The molecule has 192 valence electrons. The second-order valence-electron chi connectivity index (χ2n) is 11.0. The minimum Gasteiger partial charge on any atom is -0.460 e. The van der Waals surface area contributed by atoms with Gasteiger partial charge < -0.3 is 9.47 Å². The molecule has 0 bridgehead atoms. The summed E-state index contributed by atoms with van der Waals surface area (Å²) in [5.41, 5.74) is -3.09. The number of aromatic nitrogens is 2. The van der Waals surface area contributed by atoms with Gasteiger partial charge in [-0.25, -0.2) is 4.79 Å². The maximum absolute atomic E-state index is 12.5. The van der Waals surface area contributed by atoms with Crippen LogP contribution in [0.5, 0.6) is 0 Å².